The van der Waals surface area contributed by atoms with E-state index < -0.39 is 0 Å². The molecule has 0 aliphatic carbocycles. The highest BCUT2D eigenvalue weighted by Crippen LogP contribution is 2.15. The van der Waals surface area contributed by atoms with Crippen LogP contribution < -0.4 is 5.32 Å². The highest BCUT2D eigenvalue weighted by molar-refractivity contribution is 7.99. The normalized spacial score (nSPS) is 10.3. The molecule has 5 nitrogen and oxygen atoms in total. The van der Waals surface area contributed by atoms with E-state index >= 15 is 0 Å². The molecule has 1 aromatic rings. The van der Waals surface area contributed by atoms with Crippen LogP contribution in [0, 0.1) is 0 Å². The lowest BCUT2D eigenvalue weighted by atomic mass is 10.4. The van der Waals surface area contributed by atoms with Crippen LogP contribution in [0.15, 0.2) is 35.2 Å². The van der Waals surface area contributed by atoms with E-state index in [-0.39, 0.29) is 25.0 Å². The fourth-order valence-corrected chi connectivity index (χ4v) is 2.31. The van der Waals surface area contributed by atoms with Crippen LogP contribution in [0.4, 0.5) is 0 Å². The molecule has 0 fully saturated rings. The van der Waals surface area contributed by atoms with Gasteiger partial charge in [0.15, 0.2) is 0 Å². The van der Waals surface area contributed by atoms with E-state index in [9.17, 15) is 9.59 Å². The summed E-state index contributed by atoms with van der Waals surface area (Å²) in [6, 6.07) is 10.0. The molecule has 0 spiro atoms. The maximum absolute atomic E-state index is 11.6. The quantitative estimate of drug-likeness (QED) is 0.440. The SMILES string of the molecule is COC(=O)CN(C)CC(=O)NCCSc1ccccc1. The van der Waals surface area contributed by atoms with Crippen molar-refractivity contribution in [2.75, 3.05) is 39.5 Å². The van der Waals surface area contributed by atoms with Crippen LogP contribution in [0.1, 0.15) is 0 Å². The lowest BCUT2D eigenvalue weighted by Gasteiger charge is -2.14. The predicted molar refractivity (Wildman–Crippen MR) is 79.7 cm³/mol. The van der Waals surface area contributed by atoms with Gasteiger partial charge in [0.1, 0.15) is 0 Å². The standard InChI is InChI=1S/C14H20N2O3S/c1-16(11-14(18)19-2)10-13(17)15-8-9-20-12-6-4-3-5-7-12/h3-7H,8-11H2,1-2H3,(H,15,17). The topological polar surface area (TPSA) is 58.6 Å². The minimum Gasteiger partial charge on any atom is -0.468 e. The number of carbonyl (C=O) groups excluding carboxylic acids is 2. The number of thioether (sulfide) groups is 1. The molecule has 0 aromatic heterocycles. The van der Waals surface area contributed by atoms with Crippen LogP contribution in [0.3, 0.4) is 0 Å². The van der Waals surface area contributed by atoms with E-state index in [0.717, 1.165) is 5.75 Å². The van der Waals surface area contributed by atoms with Crippen molar-refractivity contribution in [3.8, 4) is 0 Å². The molecule has 0 aliphatic heterocycles. The molecule has 1 aromatic carbocycles. The average molecular weight is 296 g/mol. The van der Waals surface area contributed by atoms with Gasteiger partial charge in [-0.1, -0.05) is 18.2 Å². The summed E-state index contributed by atoms with van der Waals surface area (Å²) in [5.74, 6) is 0.376. The minimum atomic E-state index is -0.347. The van der Waals surface area contributed by atoms with Crippen molar-refractivity contribution in [3.63, 3.8) is 0 Å². The van der Waals surface area contributed by atoms with Gasteiger partial charge in [-0.15, -0.1) is 11.8 Å². The molecule has 0 saturated carbocycles. The largest absolute Gasteiger partial charge is 0.468 e. The molecular formula is C14H20N2O3S. The molecule has 1 rings (SSSR count). The third-order valence-corrected chi connectivity index (χ3v) is 3.49. The Morgan fingerprint density at radius 2 is 1.95 bits per heavy atom. The monoisotopic (exact) mass is 296 g/mol. The number of nitrogens with one attached hydrogen (secondary N) is 1. The summed E-state index contributed by atoms with van der Waals surface area (Å²) >= 11 is 1.69. The summed E-state index contributed by atoms with van der Waals surface area (Å²) in [5, 5.41) is 2.82. The number of rotatable bonds is 8. The number of ether oxygens (including phenoxy) is 1. The first-order valence-electron chi connectivity index (χ1n) is 6.31. The second-order valence-corrected chi connectivity index (χ2v) is 5.43. The molecule has 0 unspecified atom stereocenters. The molecule has 0 atom stereocenters. The summed E-state index contributed by atoms with van der Waals surface area (Å²) < 4.78 is 4.53. The first kappa shape index (κ1) is 16.5. The molecular weight excluding hydrogens is 276 g/mol. The summed E-state index contributed by atoms with van der Waals surface area (Å²) in [6.45, 7) is 0.901. The Bertz CT molecular complexity index is 426. The molecule has 0 radical (unpaired) electrons. The van der Waals surface area contributed by atoms with Crippen LogP contribution in [0.5, 0.6) is 0 Å². The lowest BCUT2D eigenvalue weighted by molar-refractivity contribution is -0.141. The summed E-state index contributed by atoms with van der Waals surface area (Å²) in [7, 11) is 3.03. The summed E-state index contributed by atoms with van der Waals surface area (Å²) in [4.78, 5) is 25.4. The van der Waals surface area contributed by atoms with Crippen LogP contribution in [-0.2, 0) is 14.3 Å². The van der Waals surface area contributed by atoms with E-state index in [2.05, 4.69) is 10.1 Å². The van der Waals surface area contributed by atoms with Gasteiger partial charge in [-0.05, 0) is 19.2 Å². The number of nitrogens with zero attached hydrogens (tertiary/aromatic N) is 1. The highest BCUT2D eigenvalue weighted by atomic mass is 32.2. The summed E-state index contributed by atoms with van der Waals surface area (Å²) in [6.07, 6.45) is 0. The molecule has 110 valence electrons. The van der Waals surface area contributed by atoms with Crippen LogP contribution in [0.25, 0.3) is 0 Å². The van der Waals surface area contributed by atoms with E-state index in [4.69, 9.17) is 0 Å². The number of methoxy groups -OCH3 is 1. The fourth-order valence-electron chi connectivity index (χ4n) is 1.52. The van der Waals surface area contributed by atoms with Crippen molar-refractivity contribution in [2.45, 2.75) is 4.90 Å². The smallest absolute Gasteiger partial charge is 0.319 e. The van der Waals surface area contributed by atoms with E-state index in [1.165, 1.54) is 12.0 Å². The van der Waals surface area contributed by atoms with Gasteiger partial charge in [0, 0.05) is 17.2 Å². The Kier molecular flexibility index (Phi) is 7.75. The van der Waals surface area contributed by atoms with Crippen molar-refractivity contribution >= 4 is 23.6 Å². The van der Waals surface area contributed by atoms with Crippen molar-refractivity contribution in [1.29, 1.82) is 0 Å². The first-order chi connectivity index (χ1) is 9.61. The molecule has 1 N–H and O–H groups in total. The van der Waals surface area contributed by atoms with E-state index in [0.29, 0.717) is 6.54 Å². The molecule has 0 bridgehead atoms. The molecule has 0 saturated heterocycles. The third kappa shape index (κ3) is 7.16. The Labute approximate surface area is 123 Å². The van der Waals surface area contributed by atoms with Gasteiger partial charge < -0.3 is 10.1 Å². The van der Waals surface area contributed by atoms with Gasteiger partial charge in [-0.2, -0.15) is 0 Å². The molecule has 20 heavy (non-hydrogen) atoms. The lowest BCUT2D eigenvalue weighted by Crippen LogP contribution is -2.38. The van der Waals surface area contributed by atoms with E-state index in [1.54, 1.807) is 23.7 Å². The summed E-state index contributed by atoms with van der Waals surface area (Å²) in [5.41, 5.74) is 0. The molecule has 0 heterocycles. The maximum Gasteiger partial charge on any atom is 0.319 e. The maximum atomic E-state index is 11.6. The number of amides is 1. The first-order valence-corrected chi connectivity index (χ1v) is 7.30. The fraction of sp³-hybridized carbons (Fsp3) is 0.429. The Morgan fingerprint density at radius 3 is 2.60 bits per heavy atom. The number of esters is 1. The zero-order valence-corrected chi connectivity index (χ0v) is 12.6. The Balaban J connectivity index is 2.12. The third-order valence-electron chi connectivity index (χ3n) is 2.48. The van der Waals surface area contributed by atoms with Crippen LogP contribution in [0.2, 0.25) is 0 Å². The van der Waals surface area contributed by atoms with Crippen LogP contribution >= 0.6 is 11.8 Å². The molecule has 6 heteroatoms. The van der Waals surface area contributed by atoms with Crippen molar-refractivity contribution in [1.82, 2.24) is 10.2 Å². The minimum absolute atomic E-state index is 0.0925. The molecule has 0 aliphatic rings. The van der Waals surface area contributed by atoms with Gasteiger partial charge in [0.25, 0.3) is 0 Å². The number of hydrogen-bond acceptors (Lipinski definition) is 5. The second-order valence-electron chi connectivity index (χ2n) is 4.26. The number of hydrogen-bond donors (Lipinski definition) is 1. The number of benzene rings is 1. The van der Waals surface area contributed by atoms with E-state index in [1.807, 2.05) is 30.3 Å². The predicted octanol–water partition coefficient (Wildman–Crippen LogP) is 1.000. The Morgan fingerprint density at radius 1 is 1.25 bits per heavy atom. The van der Waals surface area contributed by atoms with Crippen molar-refractivity contribution < 1.29 is 14.3 Å². The van der Waals surface area contributed by atoms with Gasteiger partial charge >= 0.3 is 5.97 Å². The number of carbonyl (C=O) groups is 2. The Hall–Kier alpha value is -1.53. The van der Waals surface area contributed by atoms with Gasteiger partial charge in [0.05, 0.1) is 20.2 Å². The highest BCUT2D eigenvalue weighted by Gasteiger charge is 2.10. The zero-order chi connectivity index (χ0) is 14.8. The van der Waals surface area contributed by atoms with Gasteiger partial charge in [-0.3, -0.25) is 14.5 Å². The number of likely N-dealkylation sites (N-methyl/N-ethyl adjacent to an activating group) is 1. The average Bonchev–Trinajstić information content (AvgIpc) is 2.44. The van der Waals surface area contributed by atoms with Gasteiger partial charge in [0.2, 0.25) is 5.91 Å². The zero-order valence-electron chi connectivity index (χ0n) is 11.8. The van der Waals surface area contributed by atoms with Crippen molar-refractivity contribution in [2.24, 2.45) is 0 Å². The van der Waals surface area contributed by atoms with Crippen molar-refractivity contribution in [3.05, 3.63) is 30.3 Å². The second kappa shape index (κ2) is 9.39. The van der Waals surface area contributed by atoms with Gasteiger partial charge in [-0.25, -0.2) is 0 Å². The van der Waals surface area contributed by atoms with Crippen LogP contribution in [-0.4, -0.2) is 56.3 Å². The molecule has 1 amide bonds.